The van der Waals surface area contributed by atoms with E-state index in [0.29, 0.717) is 5.69 Å². The first-order chi connectivity index (χ1) is 8.42. The van der Waals surface area contributed by atoms with Gasteiger partial charge in [0.05, 0.1) is 12.2 Å². The number of hydrogen-bond donors (Lipinski definition) is 2. The van der Waals surface area contributed by atoms with Crippen molar-refractivity contribution < 1.29 is 12.9 Å². The molecular weight excluding hydrogens is 260 g/mol. The first-order valence-electron chi connectivity index (χ1n) is 4.96. The van der Waals surface area contributed by atoms with Crippen LogP contribution in [0.15, 0.2) is 15.8 Å². The van der Waals surface area contributed by atoms with E-state index in [2.05, 4.69) is 24.5 Å². The van der Waals surface area contributed by atoms with Crippen molar-refractivity contribution in [3.63, 3.8) is 0 Å². The van der Waals surface area contributed by atoms with Crippen LogP contribution in [0, 0.1) is 6.92 Å². The van der Waals surface area contributed by atoms with Crippen molar-refractivity contribution in [2.75, 3.05) is 5.73 Å². The Morgan fingerprint density at radius 2 is 2.28 bits per heavy atom. The van der Waals surface area contributed by atoms with Crippen LogP contribution in [-0.4, -0.2) is 28.3 Å². The van der Waals surface area contributed by atoms with E-state index in [0.717, 1.165) is 6.39 Å². The molecule has 9 nitrogen and oxygen atoms in total. The Hall–Kier alpha value is -1.94. The van der Waals surface area contributed by atoms with E-state index in [1.165, 1.54) is 4.68 Å². The lowest BCUT2D eigenvalue weighted by atomic mass is 10.5. The van der Waals surface area contributed by atoms with Crippen LogP contribution in [0.4, 0.5) is 5.82 Å². The summed E-state index contributed by atoms with van der Waals surface area (Å²) < 4.78 is 32.3. The number of aromatic nitrogens is 4. The summed E-state index contributed by atoms with van der Waals surface area (Å²) in [5, 5.41) is 7.35. The van der Waals surface area contributed by atoms with Crippen molar-refractivity contribution in [3.8, 4) is 0 Å². The molecule has 0 saturated carbocycles. The summed E-state index contributed by atoms with van der Waals surface area (Å²) >= 11 is 0. The van der Waals surface area contributed by atoms with Crippen molar-refractivity contribution in [2.24, 2.45) is 7.05 Å². The maximum Gasteiger partial charge on any atom is 0.246 e. The Bertz CT molecular complexity index is 645. The smallest absolute Gasteiger partial charge is 0.246 e. The lowest BCUT2D eigenvalue weighted by molar-refractivity contribution is 0.409. The van der Waals surface area contributed by atoms with Gasteiger partial charge in [0.2, 0.25) is 16.4 Å². The monoisotopic (exact) mass is 272 g/mol. The minimum atomic E-state index is -3.76. The molecular formula is C8H12N6O3S. The second kappa shape index (κ2) is 4.38. The van der Waals surface area contributed by atoms with E-state index in [1.807, 2.05) is 0 Å². The highest BCUT2D eigenvalue weighted by Crippen LogP contribution is 2.20. The van der Waals surface area contributed by atoms with Gasteiger partial charge in [-0.15, -0.1) is 0 Å². The molecule has 3 N–H and O–H groups in total. The minimum Gasteiger partial charge on any atom is -0.381 e. The second-order valence-electron chi connectivity index (χ2n) is 3.60. The maximum absolute atomic E-state index is 12.1. The molecule has 18 heavy (non-hydrogen) atoms. The molecule has 0 aliphatic carbocycles. The van der Waals surface area contributed by atoms with Gasteiger partial charge in [0.25, 0.3) is 0 Å². The van der Waals surface area contributed by atoms with Crippen LogP contribution in [0.1, 0.15) is 11.5 Å². The van der Waals surface area contributed by atoms with Crippen LogP contribution in [-0.2, 0) is 23.6 Å². The third-order valence-corrected chi connectivity index (χ3v) is 3.97. The quantitative estimate of drug-likeness (QED) is 0.743. The topological polar surface area (TPSA) is 129 Å². The maximum atomic E-state index is 12.1. The van der Waals surface area contributed by atoms with Gasteiger partial charge in [0.15, 0.2) is 11.6 Å². The van der Waals surface area contributed by atoms with Crippen molar-refractivity contribution in [2.45, 2.75) is 18.4 Å². The average Bonchev–Trinajstić information content (AvgIpc) is 2.86. The van der Waals surface area contributed by atoms with E-state index < -0.39 is 10.0 Å². The molecule has 0 spiro atoms. The van der Waals surface area contributed by atoms with Gasteiger partial charge in [-0.1, -0.05) is 5.16 Å². The highest BCUT2D eigenvalue weighted by molar-refractivity contribution is 7.89. The van der Waals surface area contributed by atoms with Gasteiger partial charge >= 0.3 is 0 Å². The Morgan fingerprint density at radius 1 is 1.56 bits per heavy atom. The molecule has 0 aromatic carbocycles. The van der Waals surface area contributed by atoms with E-state index in [4.69, 9.17) is 5.73 Å². The average molecular weight is 272 g/mol. The summed E-state index contributed by atoms with van der Waals surface area (Å²) in [5.41, 5.74) is 6.03. The molecule has 0 radical (unpaired) electrons. The van der Waals surface area contributed by atoms with E-state index in [9.17, 15) is 8.42 Å². The Kier molecular flexibility index (Phi) is 3.05. The van der Waals surface area contributed by atoms with Crippen LogP contribution >= 0.6 is 0 Å². The summed E-state index contributed by atoms with van der Waals surface area (Å²) in [6, 6.07) is 0. The predicted octanol–water partition coefficient (Wildman–Crippen LogP) is -0.828. The Balaban J connectivity index is 2.26. The van der Waals surface area contributed by atoms with Crippen LogP contribution in [0.5, 0.6) is 0 Å². The summed E-state index contributed by atoms with van der Waals surface area (Å²) in [5.74, 6) is 0.189. The van der Waals surface area contributed by atoms with Gasteiger partial charge in [-0.05, 0) is 6.92 Å². The van der Waals surface area contributed by atoms with Crippen molar-refractivity contribution in [1.29, 1.82) is 0 Å². The first kappa shape index (κ1) is 12.5. The Morgan fingerprint density at radius 3 is 2.78 bits per heavy atom. The molecule has 2 aromatic heterocycles. The van der Waals surface area contributed by atoms with Crippen LogP contribution < -0.4 is 10.5 Å². The summed E-state index contributed by atoms with van der Waals surface area (Å²) in [4.78, 5) is 3.67. The molecule has 2 heterocycles. The van der Waals surface area contributed by atoms with E-state index >= 15 is 0 Å². The van der Waals surface area contributed by atoms with Crippen molar-refractivity contribution >= 4 is 15.8 Å². The minimum absolute atomic E-state index is 0.0338. The molecule has 2 aromatic rings. The standard InChI is InChI=1S/C8H12N6O3S/c1-5-7(8(9)12-14(5)2)18(15,16)11-3-6-10-4-17-13-6/h4,11H,3H2,1-2H3,(H2,9,12). The largest absolute Gasteiger partial charge is 0.381 e. The molecule has 0 saturated heterocycles. The number of anilines is 1. The molecule has 0 aliphatic heterocycles. The number of aryl methyl sites for hydroxylation is 1. The summed E-state index contributed by atoms with van der Waals surface area (Å²) in [6.45, 7) is 1.54. The summed E-state index contributed by atoms with van der Waals surface area (Å²) in [6.07, 6.45) is 1.12. The fourth-order valence-corrected chi connectivity index (χ4v) is 2.75. The molecule has 10 heteroatoms. The van der Waals surface area contributed by atoms with Crippen molar-refractivity contribution in [3.05, 3.63) is 17.9 Å². The molecule has 0 aliphatic rings. The number of nitrogens with zero attached hydrogens (tertiary/aromatic N) is 4. The second-order valence-corrected chi connectivity index (χ2v) is 5.30. The number of nitrogen functional groups attached to an aromatic ring is 1. The summed E-state index contributed by atoms with van der Waals surface area (Å²) in [7, 11) is -2.14. The van der Waals surface area contributed by atoms with Crippen LogP contribution in [0.3, 0.4) is 0 Å². The SMILES string of the molecule is Cc1c(S(=O)(=O)NCc2ncon2)c(N)nn1C. The lowest BCUT2D eigenvalue weighted by Crippen LogP contribution is -2.25. The molecule has 0 amide bonds. The highest BCUT2D eigenvalue weighted by Gasteiger charge is 2.24. The number of nitrogens with one attached hydrogen (secondary N) is 1. The number of nitrogens with two attached hydrogens (primary N) is 1. The first-order valence-corrected chi connectivity index (χ1v) is 6.44. The zero-order valence-electron chi connectivity index (χ0n) is 9.78. The van der Waals surface area contributed by atoms with Gasteiger partial charge in [0.1, 0.15) is 4.90 Å². The Labute approximate surface area is 103 Å². The number of sulfonamides is 1. The van der Waals surface area contributed by atoms with Gasteiger partial charge in [-0.3, -0.25) is 4.68 Å². The number of rotatable bonds is 4. The van der Waals surface area contributed by atoms with Gasteiger partial charge in [-0.25, -0.2) is 13.1 Å². The third-order valence-electron chi connectivity index (χ3n) is 2.40. The molecule has 0 fully saturated rings. The van der Waals surface area contributed by atoms with Crippen LogP contribution in [0.2, 0.25) is 0 Å². The third kappa shape index (κ3) is 2.19. The molecule has 98 valence electrons. The lowest BCUT2D eigenvalue weighted by Gasteiger charge is -2.04. The van der Waals surface area contributed by atoms with Crippen LogP contribution in [0.25, 0.3) is 0 Å². The molecule has 2 rings (SSSR count). The highest BCUT2D eigenvalue weighted by atomic mass is 32.2. The van der Waals surface area contributed by atoms with E-state index in [1.54, 1.807) is 14.0 Å². The fraction of sp³-hybridized carbons (Fsp3) is 0.375. The number of hydrogen-bond acceptors (Lipinski definition) is 7. The zero-order valence-corrected chi connectivity index (χ0v) is 10.6. The van der Waals surface area contributed by atoms with E-state index in [-0.39, 0.29) is 23.1 Å². The predicted molar refractivity (Wildman–Crippen MR) is 60.7 cm³/mol. The molecule has 0 unspecified atom stereocenters. The van der Waals surface area contributed by atoms with Crippen molar-refractivity contribution in [1.82, 2.24) is 24.6 Å². The fourth-order valence-electron chi connectivity index (χ4n) is 1.45. The molecule has 0 bridgehead atoms. The van der Waals surface area contributed by atoms with Gasteiger partial charge < -0.3 is 10.3 Å². The zero-order chi connectivity index (χ0) is 13.3. The van der Waals surface area contributed by atoms with Gasteiger partial charge in [-0.2, -0.15) is 10.1 Å². The van der Waals surface area contributed by atoms with Gasteiger partial charge in [0, 0.05) is 7.05 Å². The normalized spacial score (nSPS) is 11.9. The molecule has 0 atom stereocenters.